The van der Waals surface area contributed by atoms with Crippen LogP contribution in [0.2, 0.25) is 0 Å². The molecule has 0 spiro atoms. The van der Waals surface area contributed by atoms with Crippen molar-refractivity contribution in [1.29, 1.82) is 0 Å². The number of hydrogen-bond acceptors (Lipinski definition) is 2. The number of nitrogens with two attached hydrogens (primary N) is 1. The quantitative estimate of drug-likeness (QED) is 0.651. The van der Waals surface area contributed by atoms with E-state index in [-0.39, 0.29) is 0 Å². The van der Waals surface area contributed by atoms with Crippen molar-refractivity contribution in [3.05, 3.63) is 70.2 Å². The summed E-state index contributed by atoms with van der Waals surface area (Å²) in [6.07, 6.45) is 0. The van der Waals surface area contributed by atoms with Crippen LogP contribution in [0.5, 0.6) is 0 Å². The van der Waals surface area contributed by atoms with Gasteiger partial charge in [-0.25, -0.2) is 0 Å². The lowest BCUT2D eigenvalue weighted by Crippen LogP contribution is -2.14. The van der Waals surface area contributed by atoms with Gasteiger partial charge in [-0.2, -0.15) is 0 Å². The van der Waals surface area contributed by atoms with Crippen LogP contribution >= 0.6 is 15.9 Å². The molecule has 0 saturated heterocycles. The van der Waals surface area contributed by atoms with Gasteiger partial charge in [0, 0.05) is 28.9 Å². The van der Waals surface area contributed by atoms with E-state index < -0.39 is 0 Å². The molecule has 0 radical (unpaired) electrons. The molecular formula is C18H15BrN2. The zero-order chi connectivity index (χ0) is 14.4. The predicted molar refractivity (Wildman–Crippen MR) is 92.4 cm³/mol. The molecule has 3 aromatic rings. The van der Waals surface area contributed by atoms with Gasteiger partial charge in [0.2, 0.25) is 0 Å². The van der Waals surface area contributed by atoms with Gasteiger partial charge in [-0.05, 0) is 52.2 Å². The molecule has 0 saturated carbocycles. The molecule has 0 unspecified atom stereocenters. The van der Waals surface area contributed by atoms with E-state index in [2.05, 4.69) is 63.3 Å². The maximum absolute atomic E-state index is 6.09. The smallest absolute Gasteiger partial charge is 0.0457 e. The highest BCUT2D eigenvalue weighted by Gasteiger charge is 2.20. The molecule has 4 rings (SSSR count). The lowest BCUT2D eigenvalue weighted by Gasteiger charge is -2.18. The van der Waals surface area contributed by atoms with Crippen molar-refractivity contribution in [2.24, 2.45) is 0 Å². The highest BCUT2D eigenvalue weighted by molar-refractivity contribution is 9.10. The summed E-state index contributed by atoms with van der Waals surface area (Å²) in [6, 6.07) is 19.2. The van der Waals surface area contributed by atoms with Crippen LogP contribution in [0.3, 0.4) is 0 Å². The van der Waals surface area contributed by atoms with Gasteiger partial charge in [0.15, 0.2) is 0 Å². The maximum atomic E-state index is 6.09. The van der Waals surface area contributed by atoms with Gasteiger partial charge in [-0.3, -0.25) is 0 Å². The Morgan fingerprint density at radius 3 is 2.57 bits per heavy atom. The van der Waals surface area contributed by atoms with E-state index in [0.717, 1.165) is 23.2 Å². The largest absolute Gasteiger partial charge is 0.398 e. The first-order valence-corrected chi connectivity index (χ1v) is 7.80. The third-order valence-electron chi connectivity index (χ3n) is 4.17. The summed E-state index contributed by atoms with van der Waals surface area (Å²) >= 11 is 3.52. The second-order valence-corrected chi connectivity index (χ2v) is 6.43. The van der Waals surface area contributed by atoms with Crippen molar-refractivity contribution >= 4 is 38.1 Å². The molecule has 2 N–H and O–H groups in total. The number of anilines is 2. The predicted octanol–water partition coefficient (Wildman–Crippen LogP) is 4.70. The molecule has 2 nitrogen and oxygen atoms in total. The number of benzene rings is 3. The van der Waals surface area contributed by atoms with Crippen molar-refractivity contribution in [1.82, 2.24) is 0 Å². The summed E-state index contributed by atoms with van der Waals surface area (Å²) in [7, 11) is 0. The van der Waals surface area contributed by atoms with Gasteiger partial charge in [0.05, 0.1) is 0 Å². The molecule has 1 heterocycles. The average Bonchev–Trinajstić information content (AvgIpc) is 2.92. The van der Waals surface area contributed by atoms with Crippen LogP contribution in [-0.2, 0) is 13.1 Å². The standard InChI is InChI=1S/C18H15BrN2/c19-15-6-4-13-9-16(7-5-12(13)8-15)21-10-14-2-1-3-18(20)17(14)11-21/h1-9H,10-11,20H2. The highest BCUT2D eigenvalue weighted by atomic mass is 79.9. The van der Waals surface area contributed by atoms with Crippen LogP contribution in [-0.4, -0.2) is 0 Å². The van der Waals surface area contributed by atoms with Gasteiger partial charge in [0.1, 0.15) is 0 Å². The first kappa shape index (κ1) is 12.7. The van der Waals surface area contributed by atoms with Crippen LogP contribution < -0.4 is 10.6 Å². The van der Waals surface area contributed by atoms with Gasteiger partial charge in [-0.1, -0.05) is 40.2 Å². The minimum absolute atomic E-state index is 0.893. The van der Waals surface area contributed by atoms with E-state index in [1.165, 1.54) is 27.6 Å². The second-order valence-electron chi connectivity index (χ2n) is 5.52. The Kier molecular flexibility index (Phi) is 2.89. The molecule has 104 valence electrons. The summed E-state index contributed by atoms with van der Waals surface area (Å²) in [5, 5.41) is 2.52. The Bertz CT molecular complexity index is 842. The SMILES string of the molecule is Nc1cccc2c1CN(c1ccc3cc(Br)ccc3c1)C2. The molecule has 0 aromatic heterocycles. The Hall–Kier alpha value is -2.00. The summed E-state index contributed by atoms with van der Waals surface area (Å²) in [4.78, 5) is 2.38. The number of halogens is 1. The van der Waals surface area contributed by atoms with E-state index in [0.29, 0.717) is 0 Å². The van der Waals surface area contributed by atoms with E-state index in [4.69, 9.17) is 5.73 Å². The normalized spacial score (nSPS) is 13.7. The van der Waals surface area contributed by atoms with Crippen molar-refractivity contribution in [3.8, 4) is 0 Å². The second kappa shape index (κ2) is 4.78. The van der Waals surface area contributed by atoms with E-state index >= 15 is 0 Å². The maximum Gasteiger partial charge on any atom is 0.0457 e. The topological polar surface area (TPSA) is 29.3 Å². The number of fused-ring (bicyclic) bond motifs is 2. The van der Waals surface area contributed by atoms with Crippen molar-refractivity contribution in [2.45, 2.75) is 13.1 Å². The van der Waals surface area contributed by atoms with Crippen LogP contribution in [0.15, 0.2) is 59.1 Å². The highest BCUT2D eigenvalue weighted by Crippen LogP contribution is 2.33. The Morgan fingerprint density at radius 2 is 1.71 bits per heavy atom. The third-order valence-corrected chi connectivity index (χ3v) is 4.66. The molecule has 21 heavy (non-hydrogen) atoms. The van der Waals surface area contributed by atoms with Gasteiger partial charge in [0.25, 0.3) is 0 Å². The lowest BCUT2D eigenvalue weighted by atomic mass is 10.1. The van der Waals surface area contributed by atoms with Crippen LogP contribution in [0.4, 0.5) is 11.4 Å². The van der Waals surface area contributed by atoms with Crippen LogP contribution in [0.25, 0.3) is 10.8 Å². The van der Waals surface area contributed by atoms with Crippen LogP contribution in [0, 0.1) is 0 Å². The third kappa shape index (κ3) is 2.18. The molecule has 0 atom stereocenters. The first-order chi connectivity index (χ1) is 10.2. The molecule has 0 fully saturated rings. The fourth-order valence-electron chi connectivity index (χ4n) is 3.03. The molecular weight excluding hydrogens is 324 g/mol. The fourth-order valence-corrected chi connectivity index (χ4v) is 3.41. The number of hydrogen-bond donors (Lipinski definition) is 1. The summed E-state index contributed by atoms with van der Waals surface area (Å²) in [5.74, 6) is 0. The molecule has 1 aliphatic heterocycles. The minimum Gasteiger partial charge on any atom is -0.398 e. The molecule has 3 aromatic carbocycles. The zero-order valence-electron chi connectivity index (χ0n) is 11.5. The Balaban J connectivity index is 1.72. The number of nitrogens with zero attached hydrogens (tertiary/aromatic N) is 1. The number of nitrogen functional groups attached to an aromatic ring is 1. The minimum atomic E-state index is 0.893. The summed E-state index contributed by atoms with van der Waals surface area (Å²) in [5.41, 5.74) is 10.9. The van der Waals surface area contributed by atoms with E-state index in [1.807, 2.05) is 12.1 Å². The molecule has 0 bridgehead atoms. The molecule has 1 aliphatic rings. The van der Waals surface area contributed by atoms with Gasteiger partial charge < -0.3 is 10.6 Å². The van der Waals surface area contributed by atoms with Crippen molar-refractivity contribution < 1.29 is 0 Å². The molecule has 0 amide bonds. The monoisotopic (exact) mass is 338 g/mol. The van der Waals surface area contributed by atoms with E-state index in [9.17, 15) is 0 Å². The molecule has 3 heteroatoms. The van der Waals surface area contributed by atoms with Crippen molar-refractivity contribution in [3.63, 3.8) is 0 Å². The zero-order valence-corrected chi connectivity index (χ0v) is 13.1. The summed E-state index contributed by atoms with van der Waals surface area (Å²) < 4.78 is 1.11. The number of rotatable bonds is 1. The fraction of sp³-hybridized carbons (Fsp3) is 0.111. The summed E-state index contributed by atoms with van der Waals surface area (Å²) in [6.45, 7) is 1.83. The lowest BCUT2D eigenvalue weighted by molar-refractivity contribution is 0.882. The average molecular weight is 339 g/mol. The van der Waals surface area contributed by atoms with Gasteiger partial charge >= 0.3 is 0 Å². The Labute approximate surface area is 132 Å². The molecule has 0 aliphatic carbocycles. The van der Waals surface area contributed by atoms with Crippen molar-refractivity contribution in [2.75, 3.05) is 10.6 Å². The van der Waals surface area contributed by atoms with E-state index in [1.54, 1.807) is 0 Å². The van der Waals surface area contributed by atoms with Crippen LogP contribution in [0.1, 0.15) is 11.1 Å². The first-order valence-electron chi connectivity index (χ1n) is 7.01. The van der Waals surface area contributed by atoms with Gasteiger partial charge in [-0.15, -0.1) is 0 Å². The Morgan fingerprint density at radius 1 is 0.905 bits per heavy atom.